The fourth-order valence-corrected chi connectivity index (χ4v) is 2.70. The van der Waals surface area contributed by atoms with Crippen LogP contribution in [-0.2, 0) is 6.54 Å². The standard InChI is InChI=1S/C18H17N5O/c1-13(24-14-5-4-8-19-11-14)12-23-10-9-20-18(23)17-21-15-6-2-3-7-16(15)22-17/h2-11,13H,12H2,1H3,(H,21,22). The summed E-state index contributed by atoms with van der Waals surface area (Å²) < 4.78 is 7.94. The van der Waals surface area contributed by atoms with E-state index in [9.17, 15) is 0 Å². The molecule has 1 unspecified atom stereocenters. The van der Waals surface area contributed by atoms with Gasteiger partial charge in [0.1, 0.15) is 11.9 Å². The second kappa shape index (κ2) is 6.16. The van der Waals surface area contributed by atoms with E-state index < -0.39 is 0 Å². The Labute approximate surface area is 139 Å². The smallest absolute Gasteiger partial charge is 0.176 e. The van der Waals surface area contributed by atoms with E-state index in [-0.39, 0.29) is 6.10 Å². The number of fused-ring (bicyclic) bond motifs is 1. The van der Waals surface area contributed by atoms with Crippen LogP contribution in [-0.4, -0.2) is 30.6 Å². The quantitative estimate of drug-likeness (QED) is 0.613. The van der Waals surface area contributed by atoms with E-state index in [0.717, 1.165) is 28.4 Å². The number of benzene rings is 1. The molecule has 6 nitrogen and oxygen atoms in total. The SMILES string of the molecule is CC(Cn1ccnc1-c1nc2ccccc2[nH]1)Oc1cccnc1. The first-order valence-corrected chi connectivity index (χ1v) is 7.82. The van der Waals surface area contributed by atoms with Crippen LogP contribution in [0.15, 0.2) is 61.2 Å². The zero-order valence-corrected chi connectivity index (χ0v) is 13.3. The number of nitrogens with zero attached hydrogens (tertiary/aromatic N) is 4. The Bertz CT molecular complexity index is 911. The highest BCUT2D eigenvalue weighted by Crippen LogP contribution is 2.20. The number of hydrogen-bond acceptors (Lipinski definition) is 4. The van der Waals surface area contributed by atoms with Crippen LogP contribution in [0.1, 0.15) is 6.92 Å². The molecule has 0 amide bonds. The minimum absolute atomic E-state index is 0.0217. The van der Waals surface area contributed by atoms with Gasteiger partial charge in [-0.3, -0.25) is 4.98 Å². The maximum atomic E-state index is 5.90. The van der Waals surface area contributed by atoms with Crippen LogP contribution in [0.25, 0.3) is 22.7 Å². The van der Waals surface area contributed by atoms with Gasteiger partial charge < -0.3 is 14.3 Å². The number of imidazole rings is 2. The molecule has 0 aliphatic heterocycles. The Morgan fingerprint density at radius 1 is 1.17 bits per heavy atom. The van der Waals surface area contributed by atoms with Crippen LogP contribution in [0.3, 0.4) is 0 Å². The molecule has 1 atom stereocenters. The predicted octanol–water partition coefficient (Wildman–Crippen LogP) is 3.29. The number of nitrogens with one attached hydrogen (secondary N) is 1. The Morgan fingerprint density at radius 3 is 2.92 bits per heavy atom. The van der Waals surface area contributed by atoms with Crippen LogP contribution in [0.2, 0.25) is 0 Å². The molecule has 0 aliphatic rings. The van der Waals surface area contributed by atoms with Gasteiger partial charge in [0.2, 0.25) is 0 Å². The van der Waals surface area contributed by atoms with E-state index in [0.29, 0.717) is 6.54 Å². The van der Waals surface area contributed by atoms with Crippen molar-refractivity contribution < 1.29 is 4.74 Å². The molecule has 24 heavy (non-hydrogen) atoms. The van der Waals surface area contributed by atoms with Crippen LogP contribution in [0.5, 0.6) is 5.75 Å². The molecule has 1 aromatic carbocycles. The van der Waals surface area contributed by atoms with Gasteiger partial charge in [-0.1, -0.05) is 12.1 Å². The molecule has 0 spiro atoms. The molecular formula is C18H17N5O. The number of rotatable bonds is 5. The van der Waals surface area contributed by atoms with Crippen molar-refractivity contribution in [1.82, 2.24) is 24.5 Å². The fourth-order valence-electron chi connectivity index (χ4n) is 2.70. The van der Waals surface area contributed by atoms with Crippen molar-refractivity contribution in [3.8, 4) is 17.4 Å². The van der Waals surface area contributed by atoms with Crippen molar-refractivity contribution in [1.29, 1.82) is 0 Å². The molecule has 0 bridgehead atoms. The lowest BCUT2D eigenvalue weighted by Crippen LogP contribution is -2.20. The summed E-state index contributed by atoms with van der Waals surface area (Å²) >= 11 is 0. The maximum absolute atomic E-state index is 5.90. The zero-order chi connectivity index (χ0) is 16.4. The Morgan fingerprint density at radius 2 is 2.08 bits per heavy atom. The van der Waals surface area contributed by atoms with Crippen molar-refractivity contribution in [3.63, 3.8) is 0 Å². The van der Waals surface area contributed by atoms with Gasteiger partial charge in [-0.25, -0.2) is 9.97 Å². The molecule has 0 aliphatic carbocycles. The number of ether oxygens (including phenoxy) is 1. The van der Waals surface area contributed by atoms with Gasteiger partial charge in [0, 0.05) is 18.6 Å². The number of hydrogen-bond donors (Lipinski definition) is 1. The minimum Gasteiger partial charge on any atom is -0.487 e. The zero-order valence-electron chi connectivity index (χ0n) is 13.3. The highest BCUT2D eigenvalue weighted by atomic mass is 16.5. The van der Waals surface area contributed by atoms with E-state index in [2.05, 4.69) is 19.9 Å². The van der Waals surface area contributed by atoms with E-state index in [1.54, 1.807) is 18.6 Å². The topological polar surface area (TPSA) is 68.6 Å². The van der Waals surface area contributed by atoms with Crippen molar-refractivity contribution in [2.24, 2.45) is 0 Å². The van der Waals surface area contributed by atoms with Crippen LogP contribution in [0, 0.1) is 0 Å². The fraction of sp³-hybridized carbons (Fsp3) is 0.167. The highest BCUT2D eigenvalue weighted by molar-refractivity contribution is 5.78. The van der Waals surface area contributed by atoms with E-state index in [1.165, 1.54) is 0 Å². The summed E-state index contributed by atoms with van der Waals surface area (Å²) in [6.07, 6.45) is 7.13. The van der Waals surface area contributed by atoms with Crippen LogP contribution in [0.4, 0.5) is 0 Å². The van der Waals surface area contributed by atoms with Gasteiger partial charge in [0.05, 0.1) is 23.8 Å². The number of aromatic nitrogens is 5. The molecule has 3 aromatic heterocycles. The predicted molar refractivity (Wildman–Crippen MR) is 91.6 cm³/mol. The third kappa shape index (κ3) is 2.86. The Hall–Kier alpha value is -3.15. The highest BCUT2D eigenvalue weighted by Gasteiger charge is 2.13. The van der Waals surface area contributed by atoms with Crippen molar-refractivity contribution in [2.45, 2.75) is 19.6 Å². The monoisotopic (exact) mass is 319 g/mol. The lowest BCUT2D eigenvalue weighted by atomic mass is 10.3. The molecule has 120 valence electrons. The molecule has 0 saturated carbocycles. The average Bonchev–Trinajstić information content (AvgIpc) is 3.21. The summed E-state index contributed by atoms with van der Waals surface area (Å²) in [6, 6.07) is 11.7. The first-order chi connectivity index (χ1) is 11.8. The van der Waals surface area contributed by atoms with Gasteiger partial charge in [-0.05, 0) is 31.2 Å². The molecule has 0 radical (unpaired) electrons. The molecule has 3 heterocycles. The van der Waals surface area contributed by atoms with Crippen molar-refractivity contribution in [3.05, 3.63) is 61.2 Å². The molecule has 4 rings (SSSR count). The average molecular weight is 319 g/mol. The van der Waals surface area contributed by atoms with Gasteiger partial charge in [0.25, 0.3) is 0 Å². The largest absolute Gasteiger partial charge is 0.487 e. The van der Waals surface area contributed by atoms with Crippen LogP contribution >= 0.6 is 0 Å². The number of pyridine rings is 1. The lowest BCUT2D eigenvalue weighted by molar-refractivity contribution is 0.199. The van der Waals surface area contributed by atoms with Crippen LogP contribution < -0.4 is 4.74 Å². The minimum atomic E-state index is -0.0217. The maximum Gasteiger partial charge on any atom is 0.176 e. The van der Waals surface area contributed by atoms with Crippen molar-refractivity contribution in [2.75, 3.05) is 0 Å². The first kappa shape index (κ1) is 14.4. The van der Waals surface area contributed by atoms with Gasteiger partial charge in [-0.15, -0.1) is 0 Å². The molecular weight excluding hydrogens is 302 g/mol. The summed E-state index contributed by atoms with van der Waals surface area (Å²) in [5.74, 6) is 2.32. The third-order valence-corrected chi connectivity index (χ3v) is 3.74. The van der Waals surface area contributed by atoms with E-state index >= 15 is 0 Å². The second-order valence-corrected chi connectivity index (χ2v) is 5.62. The first-order valence-electron chi connectivity index (χ1n) is 7.82. The van der Waals surface area contributed by atoms with Gasteiger partial charge in [0.15, 0.2) is 11.6 Å². The second-order valence-electron chi connectivity index (χ2n) is 5.62. The molecule has 1 N–H and O–H groups in total. The third-order valence-electron chi connectivity index (χ3n) is 3.74. The van der Waals surface area contributed by atoms with E-state index in [4.69, 9.17) is 4.74 Å². The lowest BCUT2D eigenvalue weighted by Gasteiger charge is -2.16. The van der Waals surface area contributed by atoms with E-state index in [1.807, 2.05) is 54.1 Å². The Kier molecular flexibility index (Phi) is 3.70. The summed E-state index contributed by atoms with van der Waals surface area (Å²) in [5.41, 5.74) is 1.93. The molecule has 4 aromatic rings. The normalized spacial score (nSPS) is 12.4. The number of H-pyrrole nitrogens is 1. The summed E-state index contributed by atoms with van der Waals surface area (Å²) in [7, 11) is 0. The Balaban J connectivity index is 1.56. The molecule has 6 heteroatoms. The van der Waals surface area contributed by atoms with Crippen molar-refractivity contribution >= 4 is 11.0 Å². The summed E-state index contributed by atoms with van der Waals surface area (Å²) in [6.45, 7) is 2.69. The summed E-state index contributed by atoms with van der Waals surface area (Å²) in [5, 5.41) is 0. The van der Waals surface area contributed by atoms with Gasteiger partial charge >= 0.3 is 0 Å². The van der Waals surface area contributed by atoms with Gasteiger partial charge in [-0.2, -0.15) is 0 Å². The summed E-state index contributed by atoms with van der Waals surface area (Å²) in [4.78, 5) is 16.4. The number of aromatic amines is 1. The molecule has 0 saturated heterocycles. The molecule has 0 fully saturated rings. The number of para-hydroxylation sites is 2.